The van der Waals surface area contributed by atoms with Crippen LogP contribution in [0.3, 0.4) is 0 Å². The summed E-state index contributed by atoms with van der Waals surface area (Å²) in [6.07, 6.45) is 0.593. The standard InChI is InChI=1S/C13H16N4O4.C12H13N3O4/c1-2-21-8-7-11(16-20)9-3-5-10(6-4-9)17-12(18)14-15-13(17)19;1-2-18-7-8-19-10-5-3-9(4-6-10)15-11(16)13-14-12(15)17/h3-6,11,16,20H,2,7-8H2,1H3;3-6H,2,7-8H2,1H3. The number of benzene rings is 2. The van der Waals surface area contributed by atoms with Crippen LogP contribution in [-0.4, -0.2) is 62.4 Å². The van der Waals surface area contributed by atoms with E-state index in [1.54, 1.807) is 48.5 Å². The Balaban J connectivity index is 0.000000222. The molecule has 0 bridgehead atoms. The Morgan fingerprint density at radius 1 is 0.700 bits per heavy atom. The lowest BCUT2D eigenvalue weighted by Crippen LogP contribution is -2.27. The molecule has 40 heavy (non-hydrogen) atoms. The number of urea groups is 4. The lowest BCUT2D eigenvalue weighted by molar-refractivity contribution is 0.0867. The predicted octanol–water partition coefficient (Wildman–Crippen LogP) is 5.26. The Kier molecular flexibility index (Phi) is 11.5. The summed E-state index contributed by atoms with van der Waals surface area (Å²) in [5.74, 6) is 0.636. The van der Waals surface area contributed by atoms with Crippen molar-refractivity contribution in [3.63, 3.8) is 0 Å². The number of carbonyl (C=O) groups is 4. The second kappa shape index (κ2) is 15.2. The summed E-state index contributed by atoms with van der Waals surface area (Å²) >= 11 is 0. The summed E-state index contributed by atoms with van der Waals surface area (Å²) in [5, 5.41) is 21.9. The molecule has 8 amide bonds. The Morgan fingerprint density at radius 2 is 1.15 bits per heavy atom. The molecule has 0 aromatic heterocycles. The van der Waals surface area contributed by atoms with Gasteiger partial charge in [-0.15, -0.1) is 0 Å². The Hall–Kier alpha value is -4.44. The third-order valence-corrected chi connectivity index (χ3v) is 5.47. The van der Waals surface area contributed by atoms with Crippen molar-refractivity contribution in [2.45, 2.75) is 26.3 Å². The van der Waals surface area contributed by atoms with Gasteiger partial charge in [-0.1, -0.05) is 32.6 Å². The van der Waals surface area contributed by atoms with Crippen LogP contribution in [0.25, 0.3) is 0 Å². The molecular formula is C25H29N7O8. The molecule has 2 aliphatic rings. The normalized spacial score (nSPS) is 15.1. The van der Waals surface area contributed by atoms with E-state index in [-0.39, 0.29) is 6.04 Å². The van der Waals surface area contributed by atoms with Gasteiger partial charge in [-0.3, -0.25) is 0 Å². The number of rotatable bonds is 13. The molecule has 2 aromatic rings. The Morgan fingerprint density at radius 3 is 1.60 bits per heavy atom. The second-order valence-electron chi connectivity index (χ2n) is 8.00. The van der Waals surface area contributed by atoms with Gasteiger partial charge in [-0.25, -0.2) is 29.0 Å². The molecule has 1 unspecified atom stereocenters. The predicted molar refractivity (Wildman–Crippen MR) is 140 cm³/mol. The van der Waals surface area contributed by atoms with E-state index >= 15 is 0 Å². The summed E-state index contributed by atoms with van der Waals surface area (Å²) in [5.41, 5.74) is 3.84. The molecule has 1 atom stereocenters. The van der Waals surface area contributed by atoms with Crippen molar-refractivity contribution >= 4 is 35.5 Å². The van der Waals surface area contributed by atoms with Gasteiger partial charge in [0.25, 0.3) is 0 Å². The van der Waals surface area contributed by atoms with E-state index in [0.29, 0.717) is 56.6 Å². The van der Waals surface area contributed by atoms with Crippen molar-refractivity contribution in [3.05, 3.63) is 54.1 Å². The van der Waals surface area contributed by atoms with Crippen LogP contribution in [0.4, 0.5) is 30.6 Å². The van der Waals surface area contributed by atoms with Crippen LogP contribution in [0.1, 0.15) is 31.9 Å². The molecule has 2 N–H and O–H groups in total. The monoisotopic (exact) mass is 555 g/mol. The molecule has 0 spiro atoms. The molecule has 0 aliphatic carbocycles. The van der Waals surface area contributed by atoms with E-state index in [1.807, 2.05) is 13.8 Å². The second-order valence-corrected chi connectivity index (χ2v) is 8.00. The van der Waals surface area contributed by atoms with E-state index < -0.39 is 24.1 Å². The molecule has 0 radical (unpaired) electrons. The van der Waals surface area contributed by atoms with Gasteiger partial charge in [0, 0.05) is 19.8 Å². The molecule has 212 valence electrons. The van der Waals surface area contributed by atoms with Gasteiger partial charge in [0.1, 0.15) is 12.4 Å². The summed E-state index contributed by atoms with van der Waals surface area (Å²) in [4.78, 5) is 47.2. The average Bonchev–Trinajstić information content (AvgIpc) is 3.49. The third-order valence-electron chi connectivity index (χ3n) is 5.47. The zero-order valence-electron chi connectivity index (χ0n) is 21.9. The van der Waals surface area contributed by atoms with Crippen molar-refractivity contribution in [2.24, 2.45) is 20.5 Å². The molecular weight excluding hydrogens is 526 g/mol. The molecule has 4 rings (SSSR count). The Labute approximate surface area is 229 Å². The van der Waals surface area contributed by atoms with Gasteiger partial charge < -0.3 is 19.4 Å². The number of carbonyl (C=O) groups excluding carboxylic acids is 4. The molecule has 0 saturated heterocycles. The number of nitrogens with zero attached hydrogens (tertiary/aromatic N) is 6. The number of amides is 8. The van der Waals surface area contributed by atoms with Gasteiger partial charge in [-0.05, 0) is 62.2 Å². The summed E-state index contributed by atoms with van der Waals surface area (Å²) in [6.45, 7) is 6.54. The van der Waals surface area contributed by atoms with Crippen molar-refractivity contribution in [1.29, 1.82) is 0 Å². The van der Waals surface area contributed by atoms with Crippen LogP contribution in [-0.2, 0) is 9.47 Å². The topological polar surface area (TPSA) is 184 Å². The van der Waals surface area contributed by atoms with E-state index in [9.17, 15) is 24.4 Å². The van der Waals surface area contributed by atoms with Gasteiger partial charge in [0.05, 0.1) is 24.0 Å². The van der Waals surface area contributed by atoms with E-state index in [4.69, 9.17) is 14.2 Å². The van der Waals surface area contributed by atoms with Gasteiger partial charge >= 0.3 is 24.1 Å². The quantitative estimate of drug-likeness (QED) is 0.246. The summed E-state index contributed by atoms with van der Waals surface area (Å²) < 4.78 is 15.8. The zero-order valence-corrected chi connectivity index (χ0v) is 21.9. The largest absolute Gasteiger partial charge is 0.491 e. The molecule has 2 aromatic carbocycles. The smallest absolute Gasteiger partial charge is 0.375 e. The first-order valence-corrected chi connectivity index (χ1v) is 12.4. The number of hydrogen-bond donors (Lipinski definition) is 2. The molecule has 0 fully saturated rings. The minimum absolute atomic E-state index is 0.287. The van der Waals surface area contributed by atoms with Crippen LogP contribution in [0.2, 0.25) is 0 Å². The van der Waals surface area contributed by atoms with Crippen molar-refractivity contribution in [3.8, 4) is 5.75 Å². The lowest BCUT2D eigenvalue weighted by atomic mass is 10.0. The van der Waals surface area contributed by atoms with Gasteiger partial charge in [0.15, 0.2) is 0 Å². The number of anilines is 2. The van der Waals surface area contributed by atoms with Crippen molar-refractivity contribution < 1.29 is 38.6 Å². The van der Waals surface area contributed by atoms with Crippen molar-refractivity contribution in [1.82, 2.24) is 5.48 Å². The maximum Gasteiger partial charge on any atom is 0.375 e. The Bertz CT molecular complexity index is 1200. The number of ether oxygens (including phenoxy) is 3. The number of hydrogen-bond acceptors (Lipinski definition) is 9. The van der Waals surface area contributed by atoms with Crippen LogP contribution < -0.4 is 20.0 Å². The zero-order chi connectivity index (χ0) is 28.9. The number of imide groups is 2. The fourth-order valence-corrected chi connectivity index (χ4v) is 3.52. The number of azo groups is 2. The maximum atomic E-state index is 11.4. The number of nitrogens with one attached hydrogen (secondary N) is 1. The minimum Gasteiger partial charge on any atom is -0.491 e. The highest BCUT2D eigenvalue weighted by Gasteiger charge is 2.30. The fraction of sp³-hybridized carbons (Fsp3) is 0.360. The van der Waals surface area contributed by atoms with Crippen LogP contribution >= 0.6 is 0 Å². The number of hydroxylamine groups is 1. The van der Waals surface area contributed by atoms with E-state index in [2.05, 4.69) is 25.9 Å². The van der Waals surface area contributed by atoms with Crippen molar-refractivity contribution in [2.75, 3.05) is 42.8 Å². The summed E-state index contributed by atoms with van der Waals surface area (Å²) in [6, 6.07) is 10.1. The van der Waals surface area contributed by atoms with Crippen LogP contribution in [0.15, 0.2) is 69.0 Å². The lowest BCUT2D eigenvalue weighted by Gasteiger charge is -2.17. The van der Waals surface area contributed by atoms with Crippen LogP contribution in [0.5, 0.6) is 5.75 Å². The molecule has 15 heteroatoms. The fourth-order valence-electron chi connectivity index (χ4n) is 3.52. The first kappa shape index (κ1) is 30.1. The third kappa shape index (κ3) is 8.03. The van der Waals surface area contributed by atoms with Gasteiger partial charge in [0.2, 0.25) is 0 Å². The maximum absolute atomic E-state index is 11.4. The first-order chi connectivity index (χ1) is 19.4. The van der Waals surface area contributed by atoms with Gasteiger partial charge in [-0.2, -0.15) is 5.48 Å². The average molecular weight is 556 g/mol. The summed E-state index contributed by atoms with van der Waals surface area (Å²) in [7, 11) is 0. The van der Waals surface area contributed by atoms with E-state index in [0.717, 1.165) is 15.4 Å². The highest BCUT2D eigenvalue weighted by molar-refractivity contribution is 6.17. The highest BCUT2D eigenvalue weighted by Crippen LogP contribution is 2.25. The molecule has 2 aliphatic heterocycles. The molecule has 0 saturated carbocycles. The van der Waals surface area contributed by atoms with E-state index in [1.165, 1.54) is 0 Å². The minimum atomic E-state index is -0.707. The highest BCUT2D eigenvalue weighted by atomic mass is 16.5. The SMILES string of the molecule is CCOCCC(NO)c1ccc(N2C(=O)N=NC2=O)cc1.CCOCCOc1ccc(N2C(=O)N=NC2=O)cc1. The van der Waals surface area contributed by atoms with Crippen LogP contribution in [0, 0.1) is 0 Å². The molecule has 2 heterocycles. The first-order valence-electron chi connectivity index (χ1n) is 12.4. The molecule has 15 nitrogen and oxygen atoms in total.